The Morgan fingerprint density at radius 2 is 1.79 bits per heavy atom. The highest BCUT2D eigenvalue weighted by Gasteiger charge is 2.32. The van der Waals surface area contributed by atoms with Crippen LogP contribution >= 0.6 is 0 Å². The normalized spacial score (nSPS) is 30.2. The fourth-order valence-corrected chi connectivity index (χ4v) is 3.82. The van der Waals surface area contributed by atoms with Crippen molar-refractivity contribution in [2.24, 2.45) is 5.92 Å². The van der Waals surface area contributed by atoms with E-state index in [0.717, 1.165) is 5.92 Å². The van der Waals surface area contributed by atoms with Crippen molar-refractivity contribution in [3.63, 3.8) is 0 Å². The van der Waals surface area contributed by atoms with Crippen molar-refractivity contribution < 1.29 is 4.74 Å². The molecule has 1 saturated heterocycles. The van der Waals surface area contributed by atoms with E-state index in [4.69, 9.17) is 4.74 Å². The van der Waals surface area contributed by atoms with Gasteiger partial charge in [-0.15, -0.1) is 0 Å². The smallest absolute Gasteiger partial charge is 0.0726 e. The first-order valence-corrected chi connectivity index (χ1v) is 8.21. The third kappa shape index (κ3) is 4.17. The van der Waals surface area contributed by atoms with Crippen LogP contribution in [0.3, 0.4) is 0 Å². The topological polar surface area (TPSA) is 24.5 Å². The summed E-state index contributed by atoms with van der Waals surface area (Å²) in [6.07, 6.45) is 8.42. The van der Waals surface area contributed by atoms with Crippen LogP contribution in [-0.4, -0.2) is 49.8 Å². The van der Waals surface area contributed by atoms with Gasteiger partial charge in [-0.3, -0.25) is 4.90 Å². The van der Waals surface area contributed by atoms with Crippen LogP contribution < -0.4 is 5.32 Å². The molecule has 1 aliphatic carbocycles. The fraction of sp³-hybridized carbons (Fsp3) is 1.00. The molecule has 0 amide bonds. The van der Waals surface area contributed by atoms with Gasteiger partial charge in [-0.25, -0.2) is 0 Å². The van der Waals surface area contributed by atoms with Crippen LogP contribution in [0.25, 0.3) is 0 Å². The lowest BCUT2D eigenvalue weighted by atomic mass is 9.88. The van der Waals surface area contributed by atoms with Gasteiger partial charge in [0.05, 0.1) is 6.10 Å². The summed E-state index contributed by atoms with van der Waals surface area (Å²) in [5.74, 6) is 0.878. The van der Waals surface area contributed by atoms with E-state index in [1.54, 1.807) is 0 Å². The molecule has 19 heavy (non-hydrogen) atoms. The molecule has 3 heteroatoms. The van der Waals surface area contributed by atoms with Crippen LogP contribution in [0.4, 0.5) is 0 Å². The molecule has 1 heterocycles. The van der Waals surface area contributed by atoms with Gasteiger partial charge in [-0.2, -0.15) is 0 Å². The monoisotopic (exact) mass is 268 g/mol. The number of piperidine rings is 1. The van der Waals surface area contributed by atoms with E-state index in [-0.39, 0.29) is 0 Å². The van der Waals surface area contributed by atoms with Crippen LogP contribution in [-0.2, 0) is 4.74 Å². The molecule has 0 bridgehead atoms. The van der Waals surface area contributed by atoms with Gasteiger partial charge in [0.2, 0.25) is 0 Å². The number of nitrogens with one attached hydrogen (secondary N) is 1. The van der Waals surface area contributed by atoms with E-state index in [0.29, 0.717) is 18.2 Å². The second kappa shape index (κ2) is 7.61. The average Bonchev–Trinajstić information content (AvgIpc) is 2.45. The van der Waals surface area contributed by atoms with Crippen LogP contribution in [0, 0.1) is 5.92 Å². The number of ether oxygens (including phenoxy) is 1. The molecule has 0 aromatic rings. The SMILES string of the molecule is COC1CCCCC1N(CC1CCNCC1)C(C)C. The van der Waals surface area contributed by atoms with Crippen LogP contribution in [0.15, 0.2) is 0 Å². The predicted molar refractivity (Wildman–Crippen MR) is 80.5 cm³/mol. The molecule has 2 atom stereocenters. The minimum Gasteiger partial charge on any atom is -0.380 e. The van der Waals surface area contributed by atoms with Crippen molar-refractivity contribution in [3.05, 3.63) is 0 Å². The summed E-state index contributed by atoms with van der Waals surface area (Å²) < 4.78 is 5.77. The molecule has 2 fully saturated rings. The highest BCUT2D eigenvalue weighted by Crippen LogP contribution is 2.28. The molecule has 112 valence electrons. The lowest BCUT2D eigenvalue weighted by molar-refractivity contribution is -0.0293. The van der Waals surface area contributed by atoms with Crippen LogP contribution in [0.2, 0.25) is 0 Å². The summed E-state index contributed by atoms with van der Waals surface area (Å²) in [5, 5.41) is 3.47. The molecular formula is C16H32N2O. The summed E-state index contributed by atoms with van der Waals surface area (Å²) in [7, 11) is 1.89. The van der Waals surface area contributed by atoms with Crippen molar-refractivity contribution in [3.8, 4) is 0 Å². The second-order valence-corrected chi connectivity index (χ2v) is 6.61. The third-order valence-electron chi connectivity index (χ3n) is 4.99. The van der Waals surface area contributed by atoms with Crippen LogP contribution in [0.5, 0.6) is 0 Å². The van der Waals surface area contributed by atoms with Crippen molar-refractivity contribution in [1.82, 2.24) is 10.2 Å². The summed E-state index contributed by atoms with van der Waals surface area (Å²) >= 11 is 0. The zero-order valence-corrected chi connectivity index (χ0v) is 13.0. The van der Waals surface area contributed by atoms with E-state index in [9.17, 15) is 0 Å². The molecule has 2 unspecified atom stereocenters. The summed E-state index contributed by atoms with van der Waals surface area (Å²) in [5.41, 5.74) is 0. The number of nitrogens with zero attached hydrogens (tertiary/aromatic N) is 1. The molecule has 0 radical (unpaired) electrons. The number of hydrogen-bond donors (Lipinski definition) is 1. The van der Waals surface area contributed by atoms with Gasteiger partial charge < -0.3 is 10.1 Å². The van der Waals surface area contributed by atoms with Gasteiger partial charge in [0.1, 0.15) is 0 Å². The Kier molecular flexibility index (Phi) is 6.11. The lowest BCUT2D eigenvalue weighted by Crippen LogP contribution is -2.51. The van der Waals surface area contributed by atoms with E-state index >= 15 is 0 Å². The number of rotatable bonds is 5. The maximum atomic E-state index is 5.77. The van der Waals surface area contributed by atoms with Gasteiger partial charge in [-0.05, 0) is 58.5 Å². The first-order valence-electron chi connectivity index (χ1n) is 8.21. The Hall–Kier alpha value is -0.120. The zero-order valence-electron chi connectivity index (χ0n) is 13.0. The van der Waals surface area contributed by atoms with Gasteiger partial charge in [0.15, 0.2) is 0 Å². The molecule has 0 aromatic carbocycles. The Morgan fingerprint density at radius 3 is 2.42 bits per heavy atom. The maximum Gasteiger partial charge on any atom is 0.0726 e. The molecule has 0 aromatic heterocycles. The summed E-state index contributed by atoms with van der Waals surface area (Å²) in [6.45, 7) is 8.37. The maximum absolute atomic E-state index is 5.77. The molecule has 0 spiro atoms. The zero-order chi connectivity index (χ0) is 13.7. The Balaban J connectivity index is 1.96. The average molecular weight is 268 g/mol. The molecule has 2 aliphatic rings. The molecule has 1 N–H and O–H groups in total. The minimum absolute atomic E-state index is 0.456. The minimum atomic E-state index is 0.456. The first-order chi connectivity index (χ1) is 9.22. The molecule has 1 saturated carbocycles. The van der Waals surface area contributed by atoms with Gasteiger partial charge in [0, 0.05) is 25.7 Å². The standard InChI is InChI=1S/C16H32N2O/c1-13(2)18(12-14-8-10-17-11-9-14)15-6-4-5-7-16(15)19-3/h13-17H,4-12H2,1-3H3. The Morgan fingerprint density at radius 1 is 1.11 bits per heavy atom. The van der Waals surface area contributed by atoms with Gasteiger partial charge in [-0.1, -0.05) is 12.8 Å². The summed E-state index contributed by atoms with van der Waals surface area (Å²) in [4.78, 5) is 2.74. The van der Waals surface area contributed by atoms with E-state index in [1.807, 2.05) is 7.11 Å². The highest BCUT2D eigenvalue weighted by atomic mass is 16.5. The molecular weight excluding hydrogens is 236 g/mol. The molecule has 1 aliphatic heterocycles. The highest BCUT2D eigenvalue weighted by molar-refractivity contribution is 4.87. The second-order valence-electron chi connectivity index (χ2n) is 6.61. The Bertz CT molecular complexity index is 251. The summed E-state index contributed by atoms with van der Waals surface area (Å²) in [6, 6.07) is 1.28. The largest absolute Gasteiger partial charge is 0.380 e. The first kappa shape index (κ1) is 15.3. The molecule has 2 rings (SSSR count). The van der Waals surface area contributed by atoms with Crippen molar-refractivity contribution in [1.29, 1.82) is 0 Å². The number of methoxy groups -OCH3 is 1. The quantitative estimate of drug-likeness (QED) is 0.829. The molecule has 3 nitrogen and oxygen atoms in total. The van der Waals surface area contributed by atoms with Crippen molar-refractivity contribution in [2.45, 2.75) is 70.6 Å². The lowest BCUT2D eigenvalue weighted by Gasteiger charge is -2.43. The Labute approximate surface area is 119 Å². The van der Waals surface area contributed by atoms with Crippen molar-refractivity contribution in [2.75, 3.05) is 26.7 Å². The third-order valence-corrected chi connectivity index (χ3v) is 4.99. The van der Waals surface area contributed by atoms with E-state index in [2.05, 4.69) is 24.1 Å². The predicted octanol–water partition coefficient (Wildman–Crippen LogP) is 2.65. The van der Waals surface area contributed by atoms with Crippen molar-refractivity contribution >= 4 is 0 Å². The number of hydrogen-bond acceptors (Lipinski definition) is 3. The van der Waals surface area contributed by atoms with Crippen LogP contribution in [0.1, 0.15) is 52.4 Å². The van der Waals surface area contributed by atoms with Gasteiger partial charge >= 0.3 is 0 Å². The van der Waals surface area contributed by atoms with E-state index < -0.39 is 0 Å². The van der Waals surface area contributed by atoms with Gasteiger partial charge in [0.25, 0.3) is 0 Å². The van der Waals surface area contributed by atoms with E-state index in [1.165, 1.54) is 58.2 Å². The fourth-order valence-electron chi connectivity index (χ4n) is 3.82.